The van der Waals surface area contributed by atoms with Crippen molar-refractivity contribution in [3.63, 3.8) is 0 Å². The molecular weight excluding hydrogens is 330 g/mol. The molecular formula is C21H21NO2S. The Morgan fingerprint density at radius 1 is 1.08 bits per heavy atom. The highest BCUT2D eigenvalue weighted by atomic mass is 32.1. The Labute approximate surface area is 152 Å². The van der Waals surface area contributed by atoms with Crippen molar-refractivity contribution in [3.8, 4) is 5.75 Å². The van der Waals surface area contributed by atoms with Crippen LogP contribution in [0, 0.1) is 20.8 Å². The number of benzene rings is 2. The number of hydrogen-bond donors (Lipinski definition) is 1. The van der Waals surface area contributed by atoms with Crippen molar-refractivity contribution in [3.05, 3.63) is 81.0 Å². The predicted octanol–water partition coefficient (Wildman–Crippen LogP) is 5.50. The Kier molecular flexibility index (Phi) is 5.19. The van der Waals surface area contributed by atoms with Crippen molar-refractivity contribution in [2.24, 2.45) is 0 Å². The lowest BCUT2D eigenvalue weighted by atomic mass is 10.1. The first kappa shape index (κ1) is 17.2. The molecule has 0 atom stereocenters. The highest BCUT2D eigenvalue weighted by molar-refractivity contribution is 7.12. The van der Waals surface area contributed by atoms with Gasteiger partial charge in [-0.25, -0.2) is 0 Å². The number of nitrogens with one attached hydrogen (secondary N) is 1. The molecule has 128 valence electrons. The molecule has 0 spiro atoms. The topological polar surface area (TPSA) is 38.3 Å². The smallest absolute Gasteiger partial charge is 0.265 e. The second-order valence-electron chi connectivity index (χ2n) is 6.13. The number of aryl methyl sites for hydroxylation is 2. The average molecular weight is 351 g/mol. The van der Waals surface area contributed by atoms with Gasteiger partial charge in [0.1, 0.15) is 12.4 Å². The van der Waals surface area contributed by atoms with Gasteiger partial charge in [0.15, 0.2) is 0 Å². The van der Waals surface area contributed by atoms with Crippen LogP contribution in [0.15, 0.2) is 53.9 Å². The highest BCUT2D eigenvalue weighted by Gasteiger charge is 2.10. The molecule has 1 aromatic heterocycles. The molecule has 4 heteroatoms. The number of carbonyl (C=O) groups is 1. The zero-order chi connectivity index (χ0) is 17.8. The fourth-order valence-corrected chi connectivity index (χ4v) is 3.32. The van der Waals surface area contributed by atoms with Crippen molar-refractivity contribution < 1.29 is 9.53 Å². The molecule has 3 aromatic rings. The van der Waals surface area contributed by atoms with Gasteiger partial charge >= 0.3 is 0 Å². The van der Waals surface area contributed by atoms with Crippen molar-refractivity contribution in [2.75, 3.05) is 5.32 Å². The van der Waals surface area contributed by atoms with Gasteiger partial charge in [-0.05, 0) is 67.1 Å². The first-order chi connectivity index (χ1) is 12.0. The third-order valence-electron chi connectivity index (χ3n) is 4.10. The van der Waals surface area contributed by atoms with E-state index in [2.05, 4.69) is 25.2 Å². The summed E-state index contributed by atoms with van der Waals surface area (Å²) in [5, 5.41) is 4.90. The second kappa shape index (κ2) is 7.53. The summed E-state index contributed by atoms with van der Waals surface area (Å²) in [5.74, 6) is 0.797. The molecule has 0 aliphatic rings. The van der Waals surface area contributed by atoms with Crippen LogP contribution < -0.4 is 10.1 Å². The van der Waals surface area contributed by atoms with Gasteiger partial charge in [0.05, 0.1) is 4.88 Å². The van der Waals surface area contributed by atoms with Gasteiger partial charge in [0, 0.05) is 11.3 Å². The van der Waals surface area contributed by atoms with Gasteiger partial charge < -0.3 is 10.1 Å². The molecule has 0 saturated heterocycles. The Morgan fingerprint density at radius 2 is 1.88 bits per heavy atom. The van der Waals surface area contributed by atoms with Crippen LogP contribution in [-0.4, -0.2) is 5.91 Å². The molecule has 2 aromatic carbocycles. The van der Waals surface area contributed by atoms with E-state index in [1.54, 1.807) is 0 Å². The minimum absolute atomic E-state index is 0.0893. The summed E-state index contributed by atoms with van der Waals surface area (Å²) in [6, 6.07) is 15.7. The van der Waals surface area contributed by atoms with Gasteiger partial charge in [0.25, 0.3) is 5.91 Å². The third-order valence-corrected chi connectivity index (χ3v) is 5.08. The minimum atomic E-state index is -0.0893. The van der Waals surface area contributed by atoms with Crippen molar-refractivity contribution in [1.82, 2.24) is 0 Å². The van der Waals surface area contributed by atoms with Crippen molar-refractivity contribution >= 4 is 22.9 Å². The van der Waals surface area contributed by atoms with Crippen LogP contribution >= 0.6 is 11.3 Å². The molecule has 0 radical (unpaired) electrons. The van der Waals surface area contributed by atoms with Crippen LogP contribution in [0.1, 0.15) is 31.9 Å². The molecule has 0 bridgehead atoms. The van der Waals surface area contributed by atoms with Crippen LogP contribution in [0.25, 0.3) is 0 Å². The molecule has 3 nitrogen and oxygen atoms in total. The van der Waals surface area contributed by atoms with Gasteiger partial charge in [-0.3, -0.25) is 4.79 Å². The van der Waals surface area contributed by atoms with E-state index < -0.39 is 0 Å². The Morgan fingerprint density at radius 3 is 2.68 bits per heavy atom. The van der Waals surface area contributed by atoms with E-state index in [4.69, 9.17) is 4.74 Å². The summed E-state index contributed by atoms with van der Waals surface area (Å²) in [4.78, 5) is 13.1. The summed E-state index contributed by atoms with van der Waals surface area (Å²) in [6.45, 7) is 6.58. The predicted molar refractivity (Wildman–Crippen MR) is 104 cm³/mol. The van der Waals surface area contributed by atoms with E-state index in [1.807, 2.05) is 54.8 Å². The van der Waals surface area contributed by atoms with Crippen LogP contribution in [0.3, 0.4) is 0 Å². The first-order valence-corrected chi connectivity index (χ1v) is 9.05. The van der Waals surface area contributed by atoms with Gasteiger partial charge in [-0.15, -0.1) is 11.3 Å². The maximum atomic E-state index is 12.4. The van der Waals surface area contributed by atoms with Crippen molar-refractivity contribution in [2.45, 2.75) is 27.4 Å². The lowest BCUT2D eigenvalue weighted by Crippen LogP contribution is -2.10. The maximum Gasteiger partial charge on any atom is 0.265 e. The van der Waals surface area contributed by atoms with E-state index >= 15 is 0 Å². The lowest BCUT2D eigenvalue weighted by Gasteiger charge is -2.09. The molecule has 1 heterocycles. The van der Waals surface area contributed by atoms with Gasteiger partial charge in [0.2, 0.25) is 0 Å². The van der Waals surface area contributed by atoms with Crippen LogP contribution in [-0.2, 0) is 6.61 Å². The molecule has 0 fully saturated rings. The van der Waals surface area contributed by atoms with Crippen LogP contribution in [0.2, 0.25) is 0 Å². The molecule has 0 aliphatic carbocycles. The van der Waals surface area contributed by atoms with Crippen LogP contribution in [0.4, 0.5) is 5.69 Å². The highest BCUT2D eigenvalue weighted by Crippen LogP contribution is 2.23. The number of ether oxygens (including phenoxy) is 1. The SMILES string of the molecule is Cc1cccc(NC(=O)c2cc(COc3cccc(C)c3C)cs2)c1. The van der Waals surface area contributed by atoms with Gasteiger partial charge in [-0.2, -0.15) is 0 Å². The van der Waals surface area contributed by atoms with E-state index in [1.165, 1.54) is 16.9 Å². The van der Waals surface area contributed by atoms with E-state index in [0.29, 0.717) is 11.5 Å². The summed E-state index contributed by atoms with van der Waals surface area (Å²) in [7, 11) is 0. The molecule has 3 rings (SSSR count). The maximum absolute atomic E-state index is 12.4. The minimum Gasteiger partial charge on any atom is -0.489 e. The van der Waals surface area contributed by atoms with Gasteiger partial charge in [-0.1, -0.05) is 24.3 Å². The summed E-state index contributed by atoms with van der Waals surface area (Å²) >= 11 is 1.43. The standard InChI is InChI=1S/C21H21NO2S/c1-14-6-4-8-18(10-14)22-21(23)20-11-17(13-25-20)12-24-19-9-5-7-15(2)16(19)3/h4-11,13H,12H2,1-3H3,(H,22,23). The Balaban J connectivity index is 1.64. The molecule has 25 heavy (non-hydrogen) atoms. The number of rotatable bonds is 5. The summed E-state index contributed by atoms with van der Waals surface area (Å²) in [6.07, 6.45) is 0. The molecule has 1 amide bonds. The van der Waals surface area contributed by atoms with Crippen molar-refractivity contribution in [1.29, 1.82) is 0 Å². The fourth-order valence-electron chi connectivity index (χ4n) is 2.53. The van der Waals surface area contributed by atoms with E-state index in [9.17, 15) is 4.79 Å². The number of anilines is 1. The summed E-state index contributed by atoms with van der Waals surface area (Å²) < 4.78 is 5.91. The van der Waals surface area contributed by atoms with E-state index in [-0.39, 0.29) is 5.91 Å². The lowest BCUT2D eigenvalue weighted by molar-refractivity contribution is 0.103. The first-order valence-electron chi connectivity index (χ1n) is 8.17. The summed E-state index contributed by atoms with van der Waals surface area (Å²) in [5.41, 5.74) is 5.29. The number of carbonyl (C=O) groups excluding carboxylic acids is 1. The number of hydrogen-bond acceptors (Lipinski definition) is 3. The van der Waals surface area contributed by atoms with Crippen LogP contribution in [0.5, 0.6) is 5.75 Å². The number of amides is 1. The Hall–Kier alpha value is -2.59. The molecule has 1 N–H and O–H groups in total. The molecule has 0 unspecified atom stereocenters. The largest absolute Gasteiger partial charge is 0.489 e. The average Bonchev–Trinajstić information content (AvgIpc) is 3.05. The normalized spacial score (nSPS) is 10.5. The number of thiophene rings is 1. The molecule has 0 saturated carbocycles. The third kappa shape index (κ3) is 4.28. The quantitative estimate of drug-likeness (QED) is 0.659. The van der Waals surface area contributed by atoms with E-state index in [0.717, 1.165) is 28.1 Å². The second-order valence-corrected chi connectivity index (χ2v) is 7.04. The molecule has 0 aliphatic heterocycles. The zero-order valence-electron chi connectivity index (χ0n) is 14.6. The Bertz CT molecular complexity index is 898. The zero-order valence-corrected chi connectivity index (χ0v) is 15.4. The fraction of sp³-hybridized carbons (Fsp3) is 0.190. The monoisotopic (exact) mass is 351 g/mol.